The lowest BCUT2D eigenvalue weighted by molar-refractivity contribution is 0.141. The van der Waals surface area contributed by atoms with Gasteiger partial charge < -0.3 is 13.9 Å². The third-order valence-corrected chi connectivity index (χ3v) is 3.59. The fourth-order valence-electron chi connectivity index (χ4n) is 2.06. The predicted octanol–water partition coefficient (Wildman–Crippen LogP) is 2.43. The first kappa shape index (κ1) is 12.6. The molecule has 1 fully saturated rings. The second kappa shape index (κ2) is 4.94. The van der Waals surface area contributed by atoms with Crippen molar-refractivity contribution in [3.8, 4) is 5.75 Å². The highest BCUT2D eigenvalue weighted by Crippen LogP contribution is 2.30. The van der Waals surface area contributed by atoms with Gasteiger partial charge in [-0.2, -0.15) is 0 Å². The van der Waals surface area contributed by atoms with E-state index in [9.17, 15) is 4.79 Å². The Labute approximate surface area is 117 Å². The van der Waals surface area contributed by atoms with Gasteiger partial charge in [0.05, 0.1) is 28.6 Å². The van der Waals surface area contributed by atoms with Crippen LogP contribution in [-0.2, 0) is 4.74 Å². The Bertz CT molecular complexity index is 676. The van der Waals surface area contributed by atoms with Crippen LogP contribution in [0.1, 0.15) is 12.3 Å². The molecule has 0 spiro atoms. The van der Waals surface area contributed by atoms with Gasteiger partial charge in [0, 0.05) is 13.3 Å². The molecule has 0 bridgehead atoms. The summed E-state index contributed by atoms with van der Waals surface area (Å²) in [5.74, 6) is 0.961. The molecular weight excluding hydrogens is 314 g/mol. The molecule has 100 valence electrons. The number of hydrogen-bond acceptors (Lipinski definition) is 5. The van der Waals surface area contributed by atoms with Crippen molar-refractivity contribution in [3.05, 3.63) is 32.9 Å². The standard InChI is InChI=1S/C13H12BrNO4/c1-7-15-11-5-10(14)12(4-9(11)13(16)18-7)19-8-2-3-17-6-8/h4-5,8H,2-3,6H2,1H3/t8-/m0/s1. The summed E-state index contributed by atoms with van der Waals surface area (Å²) < 4.78 is 16.8. The van der Waals surface area contributed by atoms with Crippen molar-refractivity contribution in [3.63, 3.8) is 0 Å². The molecule has 1 aliphatic heterocycles. The molecule has 0 radical (unpaired) electrons. The third-order valence-electron chi connectivity index (χ3n) is 2.97. The lowest BCUT2D eigenvalue weighted by Gasteiger charge is -2.13. The van der Waals surface area contributed by atoms with E-state index in [0.29, 0.717) is 35.8 Å². The summed E-state index contributed by atoms with van der Waals surface area (Å²) in [6.45, 7) is 2.93. The second-order valence-corrected chi connectivity index (χ2v) is 5.28. The molecule has 1 saturated heterocycles. The van der Waals surface area contributed by atoms with Gasteiger partial charge >= 0.3 is 5.63 Å². The summed E-state index contributed by atoms with van der Waals surface area (Å²) >= 11 is 3.44. The number of nitrogens with zero attached hydrogens (tertiary/aromatic N) is 1. The number of rotatable bonds is 2. The summed E-state index contributed by atoms with van der Waals surface area (Å²) in [6, 6.07) is 3.43. The summed E-state index contributed by atoms with van der Waals surface area (Å²) in [5.41, 5.74) is 0.193. The first-order valence-electron chi connectivity index (χ1n) is 5.99. The van der Waals surface area contributed by atoms with Crippen LogP contribution >= 0.6 is 15.9 Å². The molecule has 1 atom stereocenters. The second-order valence-electron chi connectivity index (χ2n) is 4.42. The molecule has 2 aromatic rings. The highest BCUT2D eigenvalue weighted by Gasteiger charge is 2.19. The Kier molecular flexibility index (Phi) is 3.28. The smallest absolute Gasteiger partial charge is 0.346 e. The maximum atomic E-state index is 11.8. The SMILES string of the molecule is Cc1nc2cc(Br)c(O[C@H]3CCOC3)cc2c(=O)o1. The van der Waals surface area contributed by atoms with E-state index in [1.165, 1.54) is 0 Å². The summed E-state index contributed by atoms with van der Waals surface area (Å²) in [4.78, 5) is 16.0. The van der Waals surface area contributed by atoms with Gasteiger partial charge in [0.2, 0.25) is 0 Å². The minimum absolute atomic E-state index is 0.0270. The molecule has 0 unspecified atom stereocenters. The van der Waals surface area contributed by atoms with Crippen molar-refractivity contribution in [2.75, 3.05) is 13.2 Å². The Morgan fingerprint density at radius 3 is 3.05 bits per heavy atom. The molecule has 3 rings (SSSR count). The minimum Gasteiger partial charge on any atom is -0.487 e. The Hall–Kier alpha value is -1.40. The maximum Gasteiger partial charge on any atom is 0.346 e. The van der Waals surface area contributed by atoms with Gasteiger partial charge in [-0.25, -0.2) is 9.78 Å². The number of benzene rings is 1. The van der Waals surface area contributed by atoms with Gasteiger partial charge in [-0.1, -0.05) is 0 Å². The van der Waals surface area contributed by atoms with Crippen LogP contribution in [0.4, 0.5) is 0 Å². The van der Waals surface area contributed by atoms with Gasteiger partial charge in [0.15, 0.2) is 5.89 Å². The molecule has 19 heavy (non-hydrogen) atoms. The summed E-state index contributed by atoms with van der Waals surface area (Å²) in [6.07, 6.45) is 0.879. The van der Waals surface area contributed by atoms with Crippen molar-refractivity contribution in [1.29, 1.82) is 0 Å². The fourth-order valence-corrected chi connectivity index (χ4v) is 2.48. The average Bonchev–Trinajstić information content (AvgIpc) is 2.83. The number of fused-ring (bicyclic) bond motifs is 1. The van der Waals surface area contributed by atoms with Gasteiger partial charge in [-0.15, -0.1) is 0 Å². The topological polar surface area (TPSA) is 61.6 Å². The third kappa shape index (κ3) is 2.50. The van der Waals surface area contributed by atoms with Crippen molar-refractivity contribution in [2.24, 2.45) is 0 Å². The quantitative estimate of drug-likeness (QED) is 0.848. The van der Waals surface area contributed by atoms with E-state index in [1.807, 2.05) is 0 Å². The lowest BCUT2D eigenvalue weighted by Crippen LogP contribution is -2.16. The maximum absolute atomic E-state index is 11.8. The number of aryl methyl sites for hydroxylation is 1. The highest BCUT2D eigenvalue weighted by atomic mass is 79.9. The summed E-state index contributed by atoms with van der Waals surface area (Å²) in [7, 11) is 0. The van der Waals surface area contributed by atoms with Crippen LogP contribution in [0.25, 0.3) is 10.9 Å². The molecule has 0 saturated carbocycles. The molecule has 1 aliphatic rings. The van der Waals surface area contributed by atoms with E-state index < -0.39 is 5.63 Å². The van der Waals surface area contributed by atoms with Crippen LogP contribution < -0.4 is 10.4 Å². The van der Waals surface area contributed by atoms with Crippen molar-refractivity contribution in [1.82, 2.24) is 4.98 Å². The largest absolute Gasteiger partial charge is 0.487 e. The number of aromatic nitrogens is 1. The van der Waals surface area contributed by atoms with E-state index >= 15 is 0 Å². The van der Waals surface area contributed by atoms with E-state index in [4.69, 9.17) is 13.9 Å². The van der Waals surface area contributed by atoms with E-state index in [-0.39, 0.29) is 6.10 Å². The molecule has 5 nitrogen and oxygen atoms in total. The van der Waals surface area contributed by atoms with Crippen LogP contribution in [-0.4, -0.2) is 24.3 Å². The summed E-state index contributed by atoms with van der Waals surface area (Å²) in [5, 5.41) is 0.419. The first-order chi connectivity index (χ1) is 9.13. The number of ether oxygens (including phenoxy) is 2. The molecular formula is C13H12BrNO4. The normalized spacial score (nSPS) is 18.9. The monoisotopic (exact) mass is 325 g/mol. The van der Waals surface area contributed by atoms with E-state index in [2.05, 4.69) is 20.9 Å². The molecule has 0 aliphatic carbocycles. The zero-order chi connectivity index (χ0) is 13.4. The molecule has 6 heteroatoms. The van der Waals surface area contributed by atoms with Crippen LogP contribution in [0, 0.1) is 6.92 Å². The fraction of sp³-hybridized carbons (Fsp3) is 0.385. The molecule has 2 heterocycles. The average molecular weight is 326 g/mol. The molecule has 1 aromatic carbocycles. The van der Waals surface area contributed by atoms with Gasteiger partial charge in [-0.05, 0) is 28.1 Å². The van der Waals surface area contributed by atoms with Gasteiger partial charge in [0.1, 0.15) is 11.9 Å². The van der Waals surface area contributed by atoms with Crippen LogP contribution in [0.15, 0.2) is 25.8 Å². The zero-order valence-electron chi connectivity index (χ0n) is 10.3. The predicted molar refractivity (Wildman–Crippen MR) is 72.6 cm³/mol. The molecule has 1 aromatic heterocycles. The van der Waals surface area contributed by atoms with Crippen LogP contribution in [0.2, 0.25) is 0 Å². The van der Waals surface area contributed by atoms with E-state index in [1.54, 1.807) is 19.1 Å². The van der Waals surface area contributed by atoms with Crippen molar-refractivity contribution in [2.45, 2.75) is 19.4 Å². The highest BCUT2D eigenvalue weighted by molar-refractivity contribution is 9.10. The van der Waals surface area contributed by atoms with Gasteiger partial charge in [-0.3, -0.25) is 0 Å². The Morgan fingerprint density at radius 2 is 2.32 bits per heavy atom. The van der Waals surface area contributed by atoms with Crippen molar-refractivity contribution >= 4 is 26.8 Å². The van der Waals surface area contributed by atoms with E-state index in [0.717, 1.165) is 10.9 Å². The number of hydrogen-bond donors (Lipinski definition) is 0. The molecule has 0 amide bonds. The lowest BCUT2D eigenvalue weighted by atomic mass is 10.2. The zero-order valence-corrected chi connectivity index (χ0v) is 11.9. The Balaban J connectivity index is 2.05. The minimum atomic E-state index is -0.400. The van der Waals surface area contributed by atoms with Gasteiger partial charge in [0.25, 0.3) is 0 Å². The Morgan fingerprint density at radius 1 is 1.47 bits per heavy atom. The van der Waals surface area contributed by atoms with Crippen molar-refractivity contribution < 1.29 is 13.9 Å². The molecule has 0 N–H and O–H groups in total. The van der Waals surface area contributed by atoms with Crippen LogP contribution in [0.3, 0.4) is 0 Å². The first-order valence-corrected chi connectivity index (χ1v) is 6.78. The van der Waals surface area contributed by atoms with Crippen LogP contribution in [0.5, 0.6) is 5.75 Å². The number of halogens is 1.